The molecule has 1 aliphatic rings. The summed E-state index contributed by atoms with van der Waals surface area (Å²) in [6, 6.07) is 12.1. The van der Waals surface area contributed by atoms with Crippen molar-refractivity contribution in [2.75, 3.05) is 38.1 Å². The Morgan fingerprint density at radius 2 is 1.74 bits per heavy atom. The van der Waals surface area contributed by atoms with Crippen LogP contribution in [0.15, 0.2) is 36.4 Å². The van der Waals surface area contributed by atoms with Crippen molar-refractivity contribution in [2.24, 2.45) is 12.8 Å². The zero-order chi connectivity index (χ0) is 19.1. The first-order valence-electron chi connectivity index (χ1n) is 8.94. The van der Waals surface area contributed by atoms with Crippen molar-refractivity contribution in [3.8, 4) is 11.3 Å². The molecule has 2 N–H and O–H groups in total. The van der Waals surface area contributed by atoms with Crippen LogP contribution in [0.5, 0.6) is 0 Å². The maximum Gasteiger partial charge on any atom is 0.267 e. The minimum Gasteiger partial charge on any atom is -0.369 e. The Bertz CT molecular complexity index is 1000. The number of rotatable bonds is 3. The van der Waals surface area contributed by atoms with E-state index in [0.717, 1.165) is 42.8 Å². The number of anilines is 1. The maximum absolute atomic E-state index is 11.5. The van der Waals surface area contributed by atoms with Crippen LogP contribution in [0, 0.1) is 0 Å². The van der Waals surface area contributed by atoms with Gasteiger partial charge in [0.2, 0.25) is 0 Å². The number of aromatic nitrogens is 2. The number of primary amides is 1. The second kappa shape index (κ2) is 6.87. The first-order chi connectivity index (χ1) is 12.9. The van der Waals surface area contributed by atoms with E-state index in [1.165, 1.54) is 11.8 Å². The fourth-order valence-electron chi connectivity index (χ4n) is 3.56. The lowest BCUT2D eigenvalue weighted by molar-refractivity contribution is 0.0996. The number of fused-ring (bicyclic) bond motifs is 1. The predicted molar refractivity (Wildman–Crippen MR) is 109 cm³/mol. The van der Waals surface area contributed by atoms with E-state index in [1.807, 2.05) is 17.7 Å². The lowest BCUT2D eigenvalue weighted by atomic mass is 10.1. The van der Waals surface area contributed by atoms with Gasteiger partial charge < -0.3 is 20.1 Å². The van der Waals surface area contributed by atoms with Crippen LogP contribution in [-0.2, 0) is 7.05 Å². The summed E-state index contributed by atoms with van der Waals surface area (Å²) in [7, 11) is 4.07. The van der Waals surface area contributed by atoms with E-state index in [9.17, 15) is 4.79 Å². The van der Waals surface area contributed by atoms with Gasteiger partial charge in [-0.25, -0.2) is 4.98 Å². The van der Waals surface area contributed by atoms with E-state index in [2.05, 4.69) is 46.1 Å². The first kappa shape index (κ1) is 17.8. The molecule has 6 nitrogen and oxygen atoms in total. The molecule has 3 aromatic rings. The number of aryl methyl sites for hydroxylation is 1. The number of hydrogen-bond acceptors (Lipinski definition) is 4. The first-order valence-corrected chi connectivity index (χ1v) is 9.31. The molecular formula is C20H22ClN5O. The molecule has 1 amide bonds. The van der Waals surface area contributed by atoms with Crippen LogP contribution in [0.4, 0.5) is 5.69 Å². The summed E-state index contributed by atoms with van der Waals surface area (Å²) in [5, 5.41) is 1.28. The van der Waals surface area contributed by atoms with Crippen LogP contribution >= 0.6 is 11.6 Å². The van der Waals surface area contributed by atoms with Gasteiger partial charge in [0, 0.05) is 44.3 Å². The summed E-state index contributed by atoms with van der Waals surface area (Å²) in [6.07, 6.45) is 0. The average molecular weight is 384 g/mol. The molecule has 1 aliphatic heterocycles. The molecule has 0 aliphatic carbocycles. The molecule has 4 rings (SSSR count). The van der Waals surface area contributed by atoms with Crippen LogP contribution in [0.3, 0.4) is 0 Å². The van der Waals surface area contributed by atoms with Gasteiger partial charge in [-0.3, -0.25) is 4.79 Å². The third-order valence-electron chi connectivity index (χ3n) is 5.23. The van der Waals surface area contributed by atoms with Crippen molar-refractivity contribution in [3.63, 3.8) is 0 Å². The van der Waals surface area contributed by atoms with Gasteiger partial charge in [-0.15, -0.1) is 0 Å². The number of halogens is 1. The van der Waals surface area contributed by atoms with E-state index in [4.69, 9.17) is 17.3 Å². The van der Waals surface area contributed by atoms with Crippen molar-refractivity contribution in [1.82, 2.24) is 14.5 Å². The smallest absolute Gasteiger partial charge is 0.267 e. The van der Waals surface area contributed by atoms with Gasteiger partial charge >= 0.3 is 0 Å². The molecule has 27 heavy (non-hydrogen) atoms. The Hall–Kier alpha value is -2.57. The molecule has 0 bridgehead atoms. The van der Waals surface area contributed by atoms with Crippen LogP contribution in [0.2, 0.25) is 5.02 Å². The Morgan fingerprint density at radius 3 is 2.37 bits per heavy atom. The summed E-state index contributed by atoms with van der Waals surface area (Å²) in [6.45, 7) is 4.24. The summed E-state index contributed by atoms with van der Waals surface area (Å²) < 4.78 is 1.94. The Morgan fingerprint density at radius 1 is 1.07 bits per heavy atom. The molecule has 1 saturated heterocycles. The second-order valence-electron chi connectivity index (χ2n) is 7.02. The number of likely N-dealkylation sites (N-methyl/N-ethyl adjacent to an activating group) is 1. The van der Waals surface area contributed by atoms with Gasteiger partial charge in [0.1, 0.15) is 11.3 Å². The Kier molecular flexibility index (Phi) is 4.53. The fraction of sp³-hybridized carbons (Fsp3) is 0.300. The highest BCUT2D eigenvalue weighted by molar-refractivity contribution is 6.35. The average Bonchev–Trinajstić information content (AvgIpc) is 3.00. The number of nitrogens with zero attached hydrogens (tertiary/aromatic N) is 4. The number of amides is 1. The van der Waals surface area contributed by atoms with Gasteiger partial charge in [-0.05, 0) is 36.9 Å². The molecule has 7 heteroatoms. The van der Waals surface area contributed by atoms with Gasteiger partial charge in [0.25, 0.3) is 5.91 Å². The van der Waals surface area contributed by atoms with Crippen molar-refractivity contribution < 1.29 is 4.79 Å². The highest BCUT2D eigenvalue weighted by atomic mass is 35.5. The van der Waals surface area contributed by atoms with Crippen molar-refractivity contribution in [2.45, 2.75) is 0 Å². The third-order valence-corrected chi connectivity index (χ3v) is 5.54. The number of carbonyl (C=O) groups excluding carboxylic acids is 1. The molecule has 0 spiro atoms. The highest BCUT2D eigenvalue weighted by Crippen LogP contribution is 2.32. The Labute approximate surface area is 163 Å². The number of hydrogen-bond donors (Lipinski definition) is 1. The van der Waals surface area contributed by atoms with Crippen LogP contribution in [-0.4, -0.2) is 53.6 Å². The number of pyridine rings is 1. The van der Waals surface area contributed by atoms with Gasteiger partial charge in [-0.1, -0.05) is 23.7 Å². The molecule has 0 radical (unpaired) electrons. The quantitative estimate of drug-likeness (QED) is 0.755. The minimum atomic E-state index is -0.585. The molecule has 0 atom stereocenters. The molecule has 1 aromatic carbocycles. The van der Waals surface area contributed by atoms with Gasteiger partial charge in [0.15, 0.2) is 0 Å². The zero-order valence-electron chi connectivity index (χ0n) is 15.4. The highest BCUT2D eigenvalue weighted by Gasteiger charge is 2.17. The molecule has 3 heterocycles. The normalized spacial score (nSPS) is 15.4. The summed E-state index contributed by atoms with van der Waals surface area (Å²) in [5.74, 6) is -0.585. The van der Waals surface area contributed by atoms with E-state index in [-0.39, 0.29) is 5.69 Å². The SMILES string of the molecule is CN1CCN(c2ccc(-c3cc4c(Cl)cc(C(N)=O)nc4n3C)cc2)CC1. The standard InChI is InChI=1S/C20H22ClN5O/c1-24-7-9-26(10-8-24)14-5-3-13(4-6-14)18-11-15-16(21)12-17(19(22)27)23-20(15)25(18)2/h3-6,11-12H,7-10H2,1-2H3,(H2,22,27). The molecule has 0 saturated carbocycles. The van der Waals surface area contributed by atoms with Gasteiger partial charge in [0.05, 0.1) is 10.7 Å². The van der Waals surface area contributed by atoms with E-state index < -0.39 is 5.91 Å². The number of nitrogens with two attached hydrogens (primary N) is 1. The third kappa shape index (κ3) is 3.26. The summed E-state index contributed by atoms with van der Waals surface area (Å²) in [5.41, 5.74) is 9.48. The molecule has 2 aromatic heterocycles. The van der Waals surface area contributed by atoms with E-state index in [1.54, 1.807) is 0 Å². The monoisotopic (exact) mass is 383 g/mol. The Balaban J connectivity index is 1.69. The summed E-state index contributed by atoms with van der Waals surface area (Å²) in [4.78, 5) is 20.6. The lowest BCUT2D eigenvalue weighted by Gasteiger charge is -2.34. The molecule has 1 fully saturated rings. The lowest BCUT2D eigenvalue weighted by Crippen LogP contribution is -2.44. The largest absolute Gasteiger partial charge is 0.369 e. The topological polar surface area (TPSA) is 67.4 Å². The van der Waals surface area contributed by atoms with E-state index >= 15 is 0 Å². The summed E-state index contributed by atoms with van der Waals surface area (Å²) >= 11 is 6.35. The zero-order valence-corrected chi connectivity index (χ0v) is 16.2. The van der Waals surface area contributed by atoms with Crippen molar-refractivity contribution >= 4 is 34.2 Å². The predicted octanol–water partition coefficient (Wildman–Crippen LogP) is 2.74. The fourth-order valence-corrected chi connectivity index (χ4v) is 3.80. The van der Waals surface area contributed by atoms with Crippen LogP contribution in [0.1, 0.15) is 10.5 Å². The van der Waals surface area contributed by atoms with E-state index in [0.29, 0.717) is 10.7 Å². The van der Waals surface area contributed by atoms with Gasteiger partial charge in [-0.2, -0.15) is 0 Å². The van der Waals surface area contributed by atoms with Crippen molar-refractivity contribution in [3.05, 3.63) is 47.1 Å². The second-order valence-corrected chi connectivity index (χ2v) is 7.42. The number of piperazine rings is 1. The molecular weight excluding hydrogens is 362 g/mol. The van der Waals surface area contributed by atoms with Crippen LogP contribution < -0.4 is 10.6 Å². The number of benzene rings is 1. The molecule has 0 unspecified atom stereocenters. The van der Waals surface area contributed by atoms with Crippen LogP contribution in [0.25, 0.3) is 22.3 Å². The minimum absolute atomic E-state index is 0.172. The van der Waals surface area contributed by atoms with Crippen molar-refractivity contribution in [1.29, 1.82) is 0 Å². The maximum atomic E-state index is 11.5. The number of carbonyl (C=O) groups is 1. The molecule has 140 valence electrons.